The van der Waals surface area contributed by atoms with E-state index in [0.29, 0.717) is 11.1 Å². The van der Waals surface area contributed by atoms with Crippen molar-refractivity contribution in [2.24, 2.45) is 11.5 Å². The molecule has 0 fully saturated rings. The summed E-state index contributed by atoms with van der Waals surface area (Å²) >= 11 is 0. The van der Waals surface area contributed by atoms with Crippen LogP contribution in [0.1, 0.15) is 11.1 Å². The highest BCUT2D eigenvalue weighted by Gasteiger charge is 2.37. The van der Waals surface area contributed by atoms with E-state index >= 15 is 0 Å². The normalized spacial score (nSPS) is 15.2. The smallest absolute Gasteiger partial charge is 0.212 e. The molecular weight excluding hydrogens is 304 g/mol. The average molecular weight is 323 g/mol. The molecule has 0 aliphatic rings. The summed E-state index contributed by atoms with van der Waals surface area (Å²) in [5.41, 5.74) is 12.6. The fourth-order valence-electron chi connectivity index (χ4n) is 2.33. The Morgan fingerprint density at radius 1 is 1.13 bits per heavy atom. The summed E-state index contributed by atoms with van der Waals surface area (Å²) < 4.78 is 36.4. The average Bonchev–Trinajstić information content (AvgIpc) is 2.55. The van der Waals surface area contributed by atoms with Crippen molar-refractivity contribution in [3.63, 3.8) is 0 Å². The third-order valence-electron chi connectivity index (χ3n) is 3.61. The maximum absolute atomic E-state index is 13.2. The van der Waals surface area contributed by atoms with Gasteiger partial charge in [0.15, 0.2) is 0 Å². The van der Waals surface area contributed by atoms with E-state index in [2.05, 4.69) is 4.98 Å². The standard InChI is InChI=1S/C16H19F2N3O2/c1-22-10-23-9-14(19)16(20,11-2-5-13(17)6-3-11)12-4-7-15(18)21-8-12/h2-8,14H,9-10,19-20H2,1H3/t14-,16+/m0/s1. The van der Waals surface area contributed by atoms with Crippen molar-refractivity contribution < 1.29 is 18.3 Å². The van der Waals surface area contributed by atoms with Gasteiger partial charge in [-0.1, -0.05) is 18.2 Å². The van der Waals surface area contributed by atoms with Crippen LogP contribution in [0.25, 0.3) is 0 Å². The van der Waals surface area contributed by atoms with Crippen molar-refractivity contribution >= 4 is 0 Å². The molecule has 2 atom stereocenters. The fourth-order valence-corrected chi connectivity index (χ4v) is 2.33. The second kappa shape index (κ2) is 7.56. The first-order valence-electron chi connectivity index (χ1n) is 6.97. The van der Waals surface area contributed by atoms with Gasteiger partial charge in [0.25, 0.3) is 0 Å². The number of benzene rings is 1. The van der Waals surface area contributed by atoms with E-state index in [1.54, 1.807) is 0 Å². The molecule has 4 N–H and O–H groups in total. The molecule has 1 aromatic carbocycles. The predicted molar refractivity (Wildman–Crippen MR) is 81.4 cm³/mol. The van der Waals surface area contributed by atoms with Crippen LogP contribution >= 0.6 is 0 Å². The summed E-state index contributed by atoms with van der Waals surface area (Å²) in [4.78, 5) is 3.63. The number of pyridine rings is 1. The van der Waals surface area contributed by atoms with Crippen LogP contribution in [0, 0.1) is 11.8 Å². The molecule has 0 saturated heterocycles. The van der Waals surface area contributed by atoms with Crippen LogP contribution in [-0.2, 0) is 15.0 Å². The zero-order valence-corrected chi connectivity index (χ0v) is 12.7. The first-order chi connectivity index (χ1) is 11.0. The van der Waals surface area contributed by atoms with Gasteiger partial charge in [-0.2, -0.15) is 4.39 Å². The number of ether oxygens (including phenoxy) is 2. The molecular formula is C16H19F2N3O2. The van der Waals surface area contributed by atoms with Crippen LogP contribution in [0.3, 0.4) is 0 Å². The van der Waals surface area contributed by atoms with Gasteiger partial charge in [0.05, 0.1) is 18.2 Å². The summed E-state index contributed by atoms with van der Waals surface area (Å²) in [5, 5.41) is 0. The number of methoxy groups -OCH3 is 1. The third-order valence-corrected chi connectivity index (χ3v) is 3.61. The van der Waals surface area contributed by atoms with Gasteiger partial charge in [0.1, 0.15) is 12.6 Å². The van der Waals surface area contributed by atoms with E-state index in [9.17, 15) is 8.78 Å². The summed E-state index contributed by atoms with van der Waals surface area (Å²) in [5.74, 6) is -1.02. The molecule has 0 unspecified atom stereocenters. The van der Waals surface area contributed by atoms with E-state index in [1.807, 2.05) is 0 Å². The summed E-state index contributed by atoms with van der Waals surface area (Å²) in [6.45, 7) is 0.161. The minimum absolute atomic E-state index is 0.0644. The van der Waals surface area contributed by atoms with Gasteiger partial charge in [-0.05, 0) is 29.3 Å². The molecule has 1 heterocycles. The molecule has 1 aromatic heterocycles. The van der Waals surface area contributed by atoms with Gasteiger partial charge >= 0.3 is 0 Å². The van der Waals surface area contributed by atoms with Gasteiger partial charge in [-0.3, -0.25) is 0 Å². The molecule has 0 amide bonds. The van der Waals surface area contributed by atoms with Crippen molar-refractivity contribution in [2.75, 3.05) is 20.5 Å². The lowest BCUT2D eigenvalue weighted by Gasteiger charge is -2.36. The molecule has 2 rings (SSSR count). The number of hydrogen-bond donors (Lipinski definition) is 2. The number of nitrogens with zero attached hydrogens (tertiary/aromatic N) is 1. The lowest BCUT2D eigenvalue weighted by Crippen LogP contribution is -2.55. The lowest BCUT2D eigenvalue weighted by molar-refractivity contribution is -0.0396. The molecule has 23 heavy (non-hydrogen) atoms. The van der Waals surface area contributed by atoms with E-state index in [-0.39, 0.29) is 13.4 Å². The van der Waals surface area contributed by atoms with Crippen molar-refractivity contribution in [1.29, 1.82) is 0 Å². The van der Waals surface area contributed by atoms with Crippen LogP contribution in [0.15, 0.2) is 42.6 Å². The Labute approximate surface area is 133 Å². The fraction of sp³-hybridized carbons (Fsp3) is 0.312. The van der Waals surface area contributed by atoms with Gasteiger partial charge in [0.2, 0.25) is 5.95 Å². The zero-order chi connectivity index (χ0) is 16.9. The Morgan fingerprint density at radius 2 is 1.78 bits per heavy atom. The monoisotopic (exact) mass is 323 g/mol. The topological polar surface area (TPSA) is 83.4 Å². The summed E-state index contributed by atoms with van der Waals surface area (Å²) in [6.07, 6.45) is 1.31. The highest BCUT2D eigenvalue weighted by Crippen LogP contribution is 2.30. The molecule has 124 valence electrons. The summed E-state index contributed by atoms with van der Waals surface area (Å²) in [6, 6.07) is 7.66. The Morgan fingerprint density at radius 3 is 2.35 bits per heavy atom. The molecule has 7 heteroatoms. The number of nitrogens with two attached hydrogens (primary N) is 2. The summed E-state index contributed by atoms with van der Waals surface area (Å²) in [7, 11) is 1.49. The molecule has 2 aromatic rings. The highest BCUT2D eigenvalue weighted by molar-refractivity contribution is 5.39. The minimum Gasteiger partial charge on any atom is -0.359 e. The zero-order valence-electron chi connectivity index (χ0n) is 12.7. The first kappa shape index (κ1) is 17.4. The second-order valence-electron chi connectivity index (χ2n) is 5.13. The quantitative estimate of drug-likeness (QED) is 0.458. The Hall–Kier alpha value is -1.93. The maximum atomic E-state index is 13.2. The van der Waals surface area contributed by atoms with E-state index < -0.39 is 23.3 Å². The second-order valence-corrected chi connectivity index (χ2v) is 5.13. The van der Waals surface area contributed by atoms with Crippen LogP contribution in [0.4, 0.5) is 8.78 Å². The van der Waals surface area contributed by atoms with Gasteiger partial charge in [-0.25, -0.2) is 9.37 Å². The minimum atomic E-state index is -1.22. The number of rotatable bonds is 7. The van der Waals surface area contributed by atoms with Crippen LogP contribution in [0.5, 0.6) is 0 Å². The third kappa shape index (κ3) is 3.89. The van der Waals surface area contributed by atoms with Crippen molar-refractivity contribution in [3.8, 4) is 0 Å². The number of aromatic nitrogens is 1. The first-order valence-corrected chi connectivity index (χ1v) is 6.97. The van der Waals surface area contributed by atoms with Gasteiger partial charge < -0.3 is 20.9 Å². The predicted octanol–water partition coefficient (Wildman–Crippen LogP) is 1.51. The van der Waals surface area contributed by atoms with Crippen molar-refractivity contribution in [3.05, 3.63) is 65.5 Å². The molecule has 0 radical (unpaired) electrons. The van der Waals surface area contributed by atoms with E-state index in [1.165, 1.54) is 49.7 Å². The van der Waals surface area contributed by atoms with Crippen LogP contribution in [-0.4, -0.2) is 31.5 Å². The largest absolute Gasteiger partial charge is 0.359 e. The highest BCUT2D eigenvalue weighted by atomic mass is 19.1. The SMILES string of the molecule is COCOC[C@H](N)[C@@](N)(c1ccc(F)cc1)c1ccc(F)nc1. The lowest BCUT2D eigenvalue weighted by atomic mass is 9.79. The molecule has 0 aliphatic carbocycles. The van der Waals surface area contributed by atoms with Crippen LogP contribution < -0.4 is 11.5 Å². The van der Waals surface area contributed by atoms with Crippen LogP contribution in [0.2, 0.25) is 0 Å². The Balaban J connectivity index is 2.40. The number of halogens is 2. The van der Waals surface area contributed by atoms with E-state index in [4.69, 9.17) is 20.9 Å². The Kier molecular flexibility index (Phi) is 5.73. The number of hydrogen-bond acceptors (Lipinski definition) is 5. The molecule has 0 aliphatic heterocycles. The van der Waals surface area contributed by atoms with Gasteiger partial charge in [-0.15, -0.1) is 0 Å². The van der Waals surface area contributed by atoms with Crippen molar-refractivity contribution in [1.82, 2.24) is 4.98 Å². The molecule has 0 spiro atoms. The van der Waals surface area contributed by atoms with Crippen molar-refractivity contribution in [2.45, 2.75) is 11.6 Å². The maximum Gasteiger partial charge on any atom is 0.212 e. The van der Waals surface area contributed by atoms with Gasteiger partial charge in [0, 0.05) is 13.3 Å². The molecule has 5 nitrogen and oxygen atoms in total. The molecule has 0 bridgehead atoms. The Bertz CT molecular complexity index is 575. The molecule has 0 saturated carbocycles. The van der Waals surface area contributed by atoms with E-state index in [0.717, 1.165) is 0 Å².